The third kappa shape index (κ3) is 2.66. The van der Waals surface area contributed by atoms with Crippen LogP contribution < -0.4 is 5.73 Å². The van der Waals surface area contributed by atoms with Crippen LogP contribution in [0.2, 0.25) is 0 Å². The Labute approximate surface area is 87.7 Å². The number of amides is 1. The van der Waals surface area contributed by atoms with Gasteiger partial charge in [-0.05, 0) is 6.42 Å². The van der Waals surface area contributed by atoms with Crippen LogP contribution in [0.3, 0.4) is 0 Å². The topological polar surface area (TPSA) is 104 Å². The number of carbonyl (C=O) groups excluding carboxylic acids is 1. The Morgan fingerprint density at radius 3 is 2.47 bits per heavy atom. The van der Waals surface area contributed by atoms with E-state index in [0.717, 1.165) is 0 Å². The van der Waals surface area contributed by atoms with Gasteiger partial charge in [-0.1, -0.05) is 6.92 Å². The second-order valence-corrected chi connectivity index (χ2v) is 3.98. The van der Waals surface area contributed by atoms with Gasteiger partial charge < -0.3 is 20.8 Å². The summed E-state index contributed by atoms with van der Waals surface area (Å²) in [6, 6.07) is -1.01. The molecule has 1 amide bonds. The number of carbonyl (C=O) groups is 2. The van der Waals surface area contributed by atoms with Gasteiger partial charge in [0.25, 0.3) is 0 Å². The molecule has 1 saturated heterocycles. The largest absolute Gasteiger partial charge is 0.481 e. The van der Waals surface area contributed by atoms with Crippen molar-refractivity contribution in [1.82, 2.24) is 4.90 Å². The Morgan fingerprint density at radius 2 is 2.07 bits per heavy atom. The molecule has 0 aromatic carbocycles. The number of carboxylic acids is 1. The van der Waals surface area contributed by atoms with Gasteiger partial charge in [0.15, 0.2) is 0 Å². The van der Waals surface area contributed by atoms with Crippen LogP contribution in [0.25, 0.3) is 0 Å². The minimum atomic E-state index is -1.10. The third-order valence-electron chi connectivity index (χ3n) is 2.65. The number of aliphatic carboxylic acids is 1. The highest BCUT2D eigenvalue weighted by molar-refractivity contribution is 5.86. The summed E-state index contributed by atoms with van der Waals surface area (Å²) in [6.07, 6.45) is 0.199. The molecule has 6 heteroatoms. The molecule has 1 heterocycles. The van der Waals surface area contributed by atoms with E-state index in [1.165, 1.54) is 4.90 Å². The van der Waals surface area contributed by atoms with Crippen LogP contribution in [0, 0.1) is 0 Å². The number of β-amino-alcohol motifs (C(OH)–C–C–N with tert-alkyl or cyclic N) is 1. The molecular formula is C9H16N2O4. The molecule has 0 bridgehead atoms. The smallest absolute Gasteiger partial charge is 0.305 e. The van der Waals surface area contributed by atoms with E-state index in [2.05, 4.69) is 0 Å². The lowest BCUT2D eigenvalue weighted by Gasteiger charge is -2.46. The first-order chi connectivity index (χ1) is 6.88. The number of hydrogen-bond donors (Lipinski definition) is 3. The molecule has 0 aliphatic carbocycles. The number of likely N-dealkylation sites (tertiary alicyclic amines) is 1. The van der Waals surface area contributed by atoms with Gasteiger partial charge in [-0.2, -0.15) is 0 Å². The molecule has 1 unspecified atom stereocenters. The molecule has 0 radical (unpaired) electrons. The Morgan fingerprint density at radius 1 is 1.53 bits per heavy atom. The quantitative estimate of drug-likeness (QED) is 0.546. The average molecular weight is 216 g/mol. The SMILES string of the molecule is CCC1(O)CN(C(=O)C(N)CC(=O)O)C1. The maximum absolute atomic E-state index is 11.5. The number of nitrogens with two attached hydrogens (primary N) is 1. The molecular weight excluding hydrogens is 200 g/mol. The molecule has 0 aromatic rings. The summed E-state index contributed by atoms with van der Waals surface area (Å²) < 4.78 is 0. The molecule has 0 aromatic heterocycles. The molecule has 1 rings (SSSR count). The van der Waals surface area contributed by atoms with Gasteiger partial charge in [-0.15, -0.1) is 0 Å². The van der Waals surface area contributed by atoms with Crippen molar-refractivity contribution in [3.05, 3.63) is 0 Å². The molecule has 15 heavy (non-hydrogen) atoms. The number of carboxylic acid groups (broad SMARTS) is 1. The van der Waals surface area contributed by atoms with Crippen LogP contribution in [0.15, 0.2) is 0 Å². The zero-order valence-electron chi connectivity index (χ0n) is 8.64. The second kappa shape index (κ2) is 4.16. The summed E-state index contributed by atoms with van der Waals surface area (Å²) in [5.41, 5.74) is 4.60. The molecule has 1 atom stereocenters. The molecule has 1 aliphatic heterocycles. The third-order valence-corrected chi connectivity index (χ3v) is 2.65. The van der Waals surface area contributed by atoms with E-state index in [-0.39, 0.29) is 19.5 Å². The van der Waals surface area contributed by atoms with Crippen LogP contribution in [0.4, 0.5) is 0 Å². The fourth-order valence-electron chi connectivity index (χ4n) is 1.55. The minimum Gasteiger partial charge on any atom is -0.481 e. The van der Waals surface area contributed by atoms with Crippen molar-refractivity contribution in [3.63, 3.8) is 0 Å². The average Bonchev–Trinajstić information content (AvgIpc) is 2.10. The Kier molecular flexibility index (Phi) is 3.31. The van der Waals surface area contributed by atoms with Gasteiger partial charge in [0.1, 0.15) is 0 Å². The number of nitrogens with zero attached hydrogens (tertiary/aromatic N) is 1. The molecule has 1 aliphatic rings. The number of hydrogen-bond acceptors (Lipinski definition) is 4. The summed E-state index contributed by atoms with van der Waals surface area (Å²) in [4.78, 5) is 23.2. The van der Waals surface area contributed by atoms with Crippen molar-refractivity contribution in [2.24, 2.45) is 5.73 Å². The summed E-state index contributed by atoms with van der Waals surface area (Å²) >= 11 is 0. The van der Waals surface area contributed by atoms with Crippen molar-refractivity contribution in [1.29, 1.82) is 0 Å². The van der Waals surface area contributed by atoms with Crippen molar-refractivity contribution >= 4 is 11.9 Å². The normalized spacial score (nSPS) is 20.6. The van der Waals surface area contributed by atoms with Crippen molar-refractivity contribution < 1.29 is 19.8 Å². The predicted octanol–water partition coefficient (Wildman–Crippen LogP) is -1.23. The Hall–Kier alpha value is -1.14. The summed E-state index contributed by atoms with van der Waals surface area (Å²) in [5, 5.41) is 18.1. The monoisotopic (exact) mass is 216 g/mol. The van der Waals surface area contributed by atoms with E-state index in [4.69, 9.17) is 10.8 Å². The zero-order valence-corrected chi connectivity index (χ0v) is 8.64. The van der Waals surface area contributed by atoms with E-state index in [0.29, 0.717) is 6.42 Å². The van der Waals surface area contributed by atoms with Crippen LogP contribution in [0.1, 0.15) is 19.8 Å². The van der Waals surface area contributed by atoms with Gasteiger partial charge in [0.2, 0.25) is 5.91 Å². The fraction of sp³-hybridized carbons (Fsp3) is 0.778. The molecule has 4 N–H and O–H groups in total. The second-order valence-electron chi connectivity index (χ2n) is 3.98. The lowest BCUT2D eigenvalue weighted by atomic mass is 9.90. The lowest BCUT2D eigenvalue weighted by Crippen LogP contribution is -2.65. The van der Waals surface area contributed by atoms with E-state index < -0.39 is 23.5 Å². The molecule has 0 spiro atoms. The van der Waals surface area contributed by atoms with Crippen molar-refractivity contribution in [3.8, 4) is 0 Å². The van der Waals surface area contributed by atoms with Gasteiger partial charge in [-0.25, -0.2) is 0 Å². The molecule has 1 fully saturated rings. The van der Waals surface area contributed by atoms with E-state index in [9.17, 15) is 14.7 Å². The maximum Gasteiger partial charge on any atom is 0.305 e. The van der Waals surface area contributed by atoms with Gasteiger partial charge in [-0.3, -0.25) is 9.59 Å². The first-order valence-corrected chi connectivity index (χ1v) is 4.86. The van der Waals surface area contributed by atoms with E-state index in [1.807, 2.05) is 6.92 Å². The number of aliphatic hydroxyl groups is 1. The van der Waals surface area contributed by atoms with E-state index in [1.54, 1.807) is 0 Å². The van der Waals surface area contributed by atoms with Gasteiger partial charge in [0, 0.05) is 0 Å². The van der Waals surface area contributed by atoms with Crippen molar-refractivity contribution in [2.75, 3.05) is 13.1 Å². The Balaban J connectivity index is 2.41. The number of rotatable bonds is 4. The van der Waals surface area contributed by atoms with Crippen LogP contribution in [0.5, 0.6) is 0 Å². The fourth-order valence-corrected chi connectivity index (χ4v) is 1.55. The molecule has 6 nitrogen and oxygen atoms in total. The maximum atomic E-state index is 11.5. The van der Waals surface area contributed by atoms with E-state index >= 15 is 0 Å². The Bertz CT molecular complexity index is 273. The first-order valence-electron chi connectivity index (χ1n) is 4.86. The highest BCUT2D eigenvalue weighted by Crippen LogP contribution is 2.24. The standard InChI is InChI=1S/C9H16N2O4/c1-2-9(15)4-11(5-9)8(14)6(10)3-7(12)13/h6,15H,2-5,10H2,1H3,(H,12,13). The van der Waals surface area contributed by atoms with Gasteiger partial charge >= 0.3 is 5.97 Å². The van der Waals surface area contributed by atoms with Crippen LogP contribution in [-0.4, -0.2) is 51.7 Å². The summed E-state index contributed by atoms with van der Waals surface area (Å²) in [5.74, 6) is -1.50. The highest BCUT2D eigenvalue weighted by atomic mass is 16.4. The predicted molar refractivity (Wildman–Crippen MR) is 52.0 cm³/mol. The van der Waals surface area contributed by atoms with Crippen LogP contribution >= 0.6 is 0 Å². The van der Waals surface area contributed by atoms with Gasteiger partial charge in [0.05, 0.1) is 31.2 Å². The first kappa shape index (κ1) is 11.9. The molecule has 86 valence electrons. The van der Waals surface area contributed by atoms with Crippen molar-refractivity contribution in [2.45, 2.75) is 31.4 Å². The molecule has 0 saturated carbocycles. The minimum absolute atomic E-state index is 0.246. The lowest BCUT2D eigenvalue weighted by molar-refractivity contribution is -0.158. The van der Waals surface area contributed by atoms with Crippen LogP contribution in [-0.2, 0) is 9.59 Å². The summed E-state index contributed by atoms with van der Waals surface area (Å²) in [6.45, 7) is 2.32. The zero-order chi connectivity index (χ0) is 11.6. The highest BCUT2D eigenvalue weighted by Gasteiger charge is 2.43. The summed E-state index contributed by atoms with van der Waals surface area (Å²) in [7, 11) is 0.